The number of carbonyl (C=O) groups is 1. The molecule has 31 heavy (non-hydrogen) atoms. The van der Waals surface area contributed by atoms with Crippen molar-refractivity contribution in [3.63, 3.8) is 0 Å². The molecule has 0 saturated carbocycles. The number of hydrogen-bond acceptors (Lipinski definition) is 6. The van der Waals surface area contributed by atoms with Crippen LogP contribution in [0.3, 0.4) is 0 Å². The number of nitrogens with zero attached hydrogens (tertiary/aromatic N) is 3. The van der Waals surface area contributed by atoms with Crippen LogP contribution in [0.1, 0.15) is 51.3 Å². The van der Waals surface area contributed by atoms with E-state index in [-0.39, 0.29) is 17.8 Å². The van der Waals surface area contributed by atoms with Gasteiger partial charge in [0, 0.05) is 48.9 Å². The van der Waals surface area contributed by atoms with E-state index in [4.69, 9.17) is 9.47 Å². The molecule has 7 nitrogen and oxygen atoms in total. The number of rotatable bonds is 4. The zero-order chi connectivity index (χ0) is 22.2. The van der Waals surface area contributed by atoms with Crippen molar-refractivity contribution < 1.29 is 18.8 Å². The van der Waals surface area contributed by atoms with Crippen LogP contribution in [0.4, 0.5) is 4.79 Å². The van der Waals surface area contributed by atoms with Crippen molar-refractivity contribution in [3.8, 4) is 5.75 Å². The van der Waals surface area contributed by atoms with E-state index in [1.165, 1.54) is 11.1 Å². The van der Waals surface area contributed by atoms with Gasteiger partial charge in [0.25, 0.3) is 0 Å². The molecule has 0 bridgehead atoms. The molecule has 1 unspecified atom stereocenters. The van der Waals surface area contributed by atoms with E-state index in [1.54, 1.807) is 6.26 Å². The minimum atomic E-state index is -0.929. The second-order valence-electron chi connectivity index (χ2n) is 9.25. The summed E-state index contributed by atoms with van der Waals surface area (Å²) in [5.74, 6) is 1.26. The number of pyridine rings is 1. The van der Waals surface area contributed by atoms with Gasteiger partial charge in [-0.1, -0.05) is 6.08 Å². The van der Waals surface area contributed by atoms with Crippen LogP contribution in [-0.4, -0.2) is 69.0 Å². The van der Waals surface area contributed by atoms with Gasteiger partial charge in [-0.2, -0.15) is 0 Å². The summed E-state index contributed by atoms with van der Waals surface area (Å²) in [6.45, 7) is 8.84. The highest BCUT2D eigenvalue weighted by Crippen LogP contribution is 2.43. The highest BCUT2D eigenvalue weighted by molar-refractivity contribution is 7.88. The minimum Gasteiger partial charge on any atom is -0.598 e. The molecular weight excluding hydrogens is 414 g/mol. The molecule has 4 heterocycles. The number of fused-ring (bicyclic) bond motifs is 1. The predicted octanol–water partition coefficient (Wildman–Crippen LogP) is 3.41. The van der Waals surface area contributed by atoms with Crippen molar-refractivity contribution in [3.05, 3.63) is 29.6 Å². The summed E-state index contributed by atoms with van der Waals surface area (Å²) in [5, 5.41) is 0. The molecule has 1 saturated heterocycles. The molecule has 1 fully saturated rings. The zero-order valence-corrected chi connectivity index (χ0v) is 19.7. The Kier molecular flexibility index (Phi) is 6.51. The van der Waals surface area contributed by atoms with Crippen molar-refractivity contribution in [1.82, 2.24) is 14.2 Å². The highest BCUT2D eigenvalue weighted by atomic mass is 32.2. The summed E-state index contributed by atoms with van der Waals surface area (Å²) in [5.41, 5.74) is 3.15. The lowest BCUT2D eigenvalue weighted by atomic mass is 9.79. The van der Waals surface area contributed by atoms with E-state index in [0.717, 1.165) is 43.7 Å². The van der Waals surface area contributed by atoms with Crippen LogP contribution in [-0.2, 0) is 22.5 Å². The second kappa shape index (κ2) is 9.00. The molecule has 0 radical (unpaired) electrons. The van der Waals surface area contributed by atoms with Crippen LogP contribution in [0.5, 0.6) is 5.75 Å². The first kappa shape index (κ1) is 22.4. The quantitative estimate of drug-likeness (QED) is 0.658. The fraction of sp³-hybridized carbons (Fsp3) is 0.652. The molecule has 1 aromatic rings. The number of likely N-dealkylation sites (tertiary alicyclic amines) is 1. The van der Waals surface area contributed by atoms with Crippen LogP contribution in [0.15, 0.2) is 18.3 Å². The molecular formula is C23H33N3O4S. The second-order valence-corrected chi connectivity index (χ2v) is 10.6. The molecule has 4 rings (SSSR count). The summed E-state index contributed by atoms with van der Waals surface area (Å²) >= 11 is -0.929. The Bertz CT molecular complexity index is 851. The number of aromatic nitrogens is 1. The summed E-state index contributed by atoms with van der Waals surface area (Å²) in [6.07, 6.45) is 8.95. The Balaban J connectivity index is 1.39. The molecule has 0 spiro atoms. The lowest BCUT2D eigenvalue weighted by Gasteiger charge is -2.39. The molecule has 1 aromatic heterocycles. The van der Waals surface area contributed by atoms with Crippen LogP contribution in [0, 0.1) is 5.92 Å². The van der Waals surface area contributed by atoms with E-state index in [9.17, 15) is 9.35 Å². The molecule has 0 aromatic carbocycles. The maximum absolute atomic E-state index is 12.2. The minimum absolute atomic E-state index is 0.0939. The Hall–Kier alpha value is -1.77. The fourth-order valence-corrected chi connectivity index (χ4v) is 5.48. The summed E-state index contributed by atoms with van der Waals surface area (Å²) < 4.78 is 25.4. The van der Waals surface area contributed by atoms with Crippen molar-refractivity contribution in [2.45, 2.75) is 58.2 Å². The third-order valence-electron chi connectivity index (χ3n) is 6.65. The maximum Gasteiger partial charge on any atom is 0.410 e. The van der Waals surface area contributed by atoms with Gasteiger partial charge >= 0.3 is 6.09 Å². The van der Waals surface area contributed by atoms with Gasteiger partial charge in [0.2, 0.25) is 0 Å². The Morgan fingerprint density at radius 2 is 2.10 bits per heavy atom. The average Bonchev–Trinajstić information content (AvgIpc) is 3.10. The van der Waals surface area contributed by atoms with Crippen molar-refractivity contribution in [2.75, 3.05) is 32.4 Å². The first-order valence-electron chi connectivity index (χ1n) is 11.2. The van der Waals surface area contributed by atoms with Gasteiger partial charge in [0.05, 0.1) is 24.5 Å². The Labute approximate surface area is 188 Å². The first-order chi connectivity index (χ1) is 14.7. The number of hydrogen-bond donors (Lipinski definition) is 0. The number of carbonyl (C=O) groups excluding carboxylic acids is 1. The molecule has 1 amide bonds. The fourth-order valence-electron chi connectivity index (χ4n) is 4.85. The van der Waals surface area contributed by atoms with Gasteiger partial charge in [0.15, 0.2) is 0 Å². The van der Waals surface area contributed by atoms with Crippen LogP contribution < -0.4 is 4.74 Å². The van der Waals surface area contributed by atoms with Gasteiger partial charge in [-0.3, -0.25) is 4.98 Å². The van der Waals surface area contributed by atoms with Gasteiger partial charge in [-0.05, 0) is 51.7 Å². The van der Waals surface area contributed by atoms with Crippen molar-refractivity contribution in [1.29, 1.82) is 0 Å². The SMILES string of the molecule is CC(C)OC(=O)N1CCC([C@]2(C)Cc3cc(C4=CCN([S+](C)[O-])CC4)ncc3O2)CC1. The lowest BCUT2D eigenvalue weighted by molar-refractivity contribution is 0.00552. The molecule has 8 heteroatoms. The largest absolute Gasteiger partial charge is 0.598 e. The van der Waals surface area contributed by atoms with E-state index in [1.807, 2.05) is 29.2 Å². The summed E-state index contributed by atoms with van der Waals surface area (Å²) in [7, 11) is 0. The molecule has 170 valence electrons. The number of piperidine rings is 1. The maximum atomic E-state index is 12.2. The predicted molar refractivity (Wildman–Crippen MR) is 121 cm³/mol. The van der Waals surface area contributed by atoms with Gasteiger partial charge in [-0.25, -0.2) is 4.79 Å². The van der Waals surface area contributed by atoms with E-state index in [2.05, 4.69) is 24.1 Å². The number of ether oxygens (including phenoxy) is 2. The number of amides is 1. The third kappa shape index (κ3) is 4.86. The van der Waals surface area contributed by atoms with Crippen LogP contribution >= 0.6 is 0 Å². The monoisotopic (exact) mass is 447 g/mol. The van der Waals surface area contributed by atoms with Crippen LogP contribution in [0.2, 0.25) is 0 Å². The summed E-state index contributed by atoms with van der Waals surface area (Å²) in [6, 6.07) is 2.17. The topological polar surface area (TPSA) is 78.0 Å². The Morgan fingerprint density at radius 1 is 1.35 bits per heavy atom. The van der Waals surface area contributed by atoms with E-state index >= 15 is 0 Å². The van der Waals surface area contributed by atoms with E-state index in [0.29, 0.717) is 25.6 Å². The zero-order valence-electron chi connectivity index (χ0n) is 18.9. The molecule has 0 aliphatic carbocycles. The molecule has 2 atom stereocenters. The van der Waals surface area contributed by atoms with Gasteiger partial charge in [-0.15, -0.1) is 4.31 Å². The van der Waals surface area contributed by atoms with Gasteiger partial charge in [0.1, 0.15) is 17.6 Å². The van der Waals surface area contributed by atoms with Crippen molar-refractivity contribution >= 4 is 23.0 Å². The molecule has 3 aliphatic rings. The molecule has 0 N–H and O–H groups in total. The first-order valence-corrected chi connectivity index (χ1v) is 12.7. The lowest BCUT2D eigenvalue weighted by Crippen LogP contribution is -2.48. The van der Waals surface area contributed by atoms with E-state index < -0.39 is 11.4 Å². The molecule has 3 aliphatic heterocycles. The summed E-state index contributed by atoms with van der Waals surface area (Å²) in [4.78, 5) is 18.6. The average molecular weight is 448 g/mol. The standard InChI is InChI=1S/C23H33N3O4S/c1-16(2)29-22(27)25-9-7-19(8-10-25)23(3)14-18-13-20(24-15-21(18)30-23)17-5-11-26(12-6-17)31(4)28/h5,13,15-16,19H,6-12,14H2,1-4H3/t23-,31?/m0/s1. The smallest absolute Gasteiger partial charge is 0.410 e. The normalized spacial score (nSPS) is 25.7. The van der Waals surface area contributed by atoms with Crippen LogP contribution in [0.25, 0.3) is 5.57 Å². The highest BCUT2D eigenvalue weighted by Gasteiger charge is 2.44. The third-order valence-corrected chi connectivity index (χ3v) is 7.71. The van der Waals surface area contributed by atoms with Gasteiger partial charge < -0.3 is 18.9 Å². The van der Waals surface area contributed by atoms with Crippen molar-refractivity contribution in [2.24, 2.45) is 5.92 Å². The Morgan fingerprint density at radius 3 is 2.71 bits per heavy atom.